The fourth-order valence-corrected chi connectivity index (χ4v) is 4.02. The fraction of sp³-hybridized carbons (Fsp3) is 0.105. The summed E-state index contributed by atoms with van der Waals surface area (Å²) in [5, 5.41) is 24.9. The molecule has 3 aliphatic rings. The van der Waals surface area contributed by atoms with Crippen LogP contribution in [0.1, 0.15) is 36.6 Å². The van der Waals surface area contributed by atoms with Crippen molar-refractivity contribution in [2.45, 2.75) is 11.3 Å². The van der Waals surface area contributed by atoms with E-state index < -0.39 is 28.7 Å². The number of carbonyl (C=O) groups excluding carboxylic acids is 3. The summed E-state index contributed by atoms with van der Waals surface area (Å²) < 4.78 is 0. The Bertz CT molecular complexity index is 1070. The second-order valence-electron chi connectivity index (χ2n) is 6.37. The van der Waals surface area contributed by atoms with Crippen molar-refractivity contribution in [2.75, 3.05) is 0 Å². The third-order valence-electron chi connectivity index (χ3n) is 5.20. The first-order valence-electron chi connectivity index (χ1n) is 7.71. The highest BCUT2D eigenvalue weighted by molar-refractivity contribution is 6.32. The molecule has 0 spiro atoms. The molecule has 0 bridgehead atoms. The molecule has 1 heterocycles. The highest BCUT2D eigenvalue weighted by Gasteiger charge is 2.71. The Kier molecular flexibility index (Phi) is 2.35. The van der Waals surface area contributed by atoms with Crippen LogP contribution in [0.3, 0.4) is 0 Å². The van der Waals surface area contributed by atoms with Crippen LogP contribution in [0.2, 0.25) is 0 Å². The van der Waals surface area contributed by atoms with Gasteiger partial charge < -0.3 is 15.5 Å². The molecule has 122 valence electrons. The Morgan fingerprint density at radius 1 is 0.760 bits per heavy atom. The van der Waals surface area contributed by atoms with E-state index in [4.69, 9.17) is 0 Å². The number of hydrogen-bond acceptors (Lipinski definition) is 6. The van der Waals surface area contributed by atoms with E-state index in [1.165, 1.54) is 24.3 Å². The number of rotatable bonds is 0. The molecule has 0 aromatic heterocycles. The summed E-state index contributed by atoms with van der Waals surface area (Å²) in [6.07, 6.45) is 0. The Hall–Kier alpha value is -3.09. The molecule has 0 radical (unpaired) electrons. The largest absolute Gasteiger partial charge is 0.372 e. The molecule has 2 aromatic rings. The number of hydrogen-bond donors (Lipinski definition) is 3. The lowest BCUT2D eigenvalue weighted by atomic mass is 9.78. The number of aliphatic hydroxyl groups is 2. The predicted octanol–water partition coefficient (Wildman–Crippen LogP) is 0.696. The van der Waals surface area contributed by atoms with Crippen LogP contribution in [0.5, 0.6) is 0 Å². The highest BCUT2D eigenvalue weighted by Crippen LogP contribution is 2.53. The minimum atomic E-state index is -2.54. The van der Waals surface area contributed by atoms with Gasteiger partial charge in [-0.15, -0.1) is 0 Å². The van der Waals surface area contributed by atoms with Gasteiger partial charge >= 0.3 is 0 Å². The lowest BCUT2D eigenvalue weighted by Crippen LogP contribution is -2.56. The van der Waals surface area contributed by atoms with Crippen molar-refractivity contribution in [3.63, 3.8) is 0 Å². The Morgan fingerprint density at radius 2 is 1.32 bits per heavy atom. The minimum absolute atomic E-state index is 0.106. The number of fused-ring (bicyclic) bond motifs is 5. The lowest BCUT2D eigenvalue weighted by Gasteiger charge is -2.31. The average molecular weight is 333 g/mol. The van der Waals surface area contributed by atoms with Gasteiger partial charge in [-0.2, -0.15) is 0 Å². The van der Waals surface area contributed by atoms with Gasteiger partial charge in [0, 0.05) is 22.3 Å². The summed E-state index contributed by atoms with van der Waals surface area (Å²) in [7, 11) is 0. The molecule has 1 aliphatic heterocycles. The van der Waals surface area contributed by atoms with Gasteiger partial charge in [-0.3, -0.25) is 14.4 Å². The number of benzene rings is 2. The van der Waals surface area contributed by atoms with Crippen LogP contribution in [-0.2, 0) is 5.72 Å². The number of Topliss-reactive ketones (excluding diaryl/α,β-unsaturated/α-hetero) is 3. The fourth-order valence-electron chi connectivity index (χ4n) is 4.02. The summed E-state index contributed by atoms with van der Waals surface area (Å²) in [4.78, 5) is 38.6. The van der Waals surface area contributed by atoms with Crippen LogP contribution in [0.25, 0.3) is 0 Å². The van der Waals surface area contributed by atoms with Crippen LogP contribution in [0.15, 0.2) is 59.8 Å². The summed E-state index contributed by atoms with van der Waals surface area (Å²) in [6.45, 7) is 0. The normalized spacial score (nSPS) is 29.1. The van der Waals surface area contributed by atoms with Crippen LogP contribution in [-0.4, -0.2) is 33.2 Å². The SMILES string of the molecule is O=C1C2=C(C(=O)c3ccccc31)C1(O)C(=O)c3ccccc3C1(O)N2. The van der Waals surface area contributed by atoms with Crippen LogP contribution in [0.4, 0.5) is 0 Å². The van der Waals surface area contributed by atoms with Crippen molar-refractivity contribution in [1.82, 2.24) is 5.32 Å². The average Bonchev–Trinajstić information content (AvgIpc) is 2.97. The maximum Gasteiger partial charge on any atom is 0.211 e. The van der Waals surface area contributed by atoms with Gasteiger partial charge in [-0.05, 0) is 0 Å². The molecule has 5 rings (SSSR count). The second-order valence-corrected chi connectivity index (χ2v) is 6.37. The molecular formula is C19H11NO5. The van der Waals surface area contributed by atoms with E-state index in [9.17, 15) is 24.6 Å². The van der Waals surface area contributed by atoms with E-state index in [0.29, 0.717) is 0 Å². The van der Waals surface area contributed by atoms with Crippen LogP contribution < -0.4 is 5.32 Å². The molecule has 0 saturated heterocycles. The number of carbonyl (C=O) groups is 3. The zero-order valence-corrected chi connectivity index (χ0v) is 12.7. The van der Waals surface area contributed by atoms with Crippen molar-refractivity contribution >= 4 is 17.3 Å². The number of allylic oxidation sites excluding steroid dienone is 1. The van der Waals surface area contributed by atoms with Gasteiger partial charge in [0.05, 0.1) is 11.3 Å². The molecule has 3 N–H and O–H groups in total. The Labute approximate surface area is 141 Å². The van der Waals surface area contributed by atoms with E-state index in [-0.39, 0.29) is 33.5 Å². The summed E-state index contributed by atoms with van der Waals surface area (Å²) in [6, 6.07) is 12.3. The van der Waals surface area contributed by atoms with Gasteiger partial charge in [0.15, 0.2) is 5.78 Å². The molecule has 2 atom stereocenters. The third kappa shape index (κ3) is 1.33. The van der Waals surface area contributed by atoms with E-state index in [1.54, 1.807) is 24.3 Å². The summed E-state index contributed by atoms with van der Waals surface area (Å²) in [5.74, 6) is -1.98. The second kappa shape index (κ2) is 4.11. The standard InChI is InChI=1S/C19H11NO5/c21-15-9-5-1-2-6-10(9)16(22)14-13(15)18(24)17(23)11-7-3-4-8-12(11)19(18,25)20-14/h1-8,20,24-25H. The lowest BCUT2D eigenvalue weighted by molar-refractivity contribution is -0.104. The van der Waals surface area contributed by atoms with Gasteiger partial charge in [-0.25, -0.2) is 0 Å². The molecule has 2 aromatic carbocycles. The zero-order chi connectivity index (χ0) is 17.6. The first-order chi connectivity index (χ1) is 11.9. The molecule has 2 unspecified atom stereocenters. The molecule has 2 aliphatic carbocycles. The first-order valence-corrected chi connectivity index (χ1v) is 7.71. The molecule has 0 fully saturated rings. The maximum absolute atomic E-state index is 13.0. The first kappa shape index (κ1) is 14.3. The Morgan fingerprint density at radius 3 is 2.00 bits per heavy atom. The number of nitrogens with one attached hydrogen (secondary N) is 1. The smallest absolute Gasteiger partial charge is 0.211 e. The van der Waals surface area contributed by atoms with E-state index in [2.05, 4.69) is 5.32 Å². The molecule has 25 heavy (non-hydrogen) atoms. The molecule has 0 amide bonds. The van der Waals surface area contributed by atoms with Gasteiger partial charge in [0.1, 0.15) is 0 Å². The van der Waals surface area contributed by atoms with E-state index in [0.717, 1.165) is 0 Å². The molecule has 6 nitrogen and oxygen atoms in total. The molecule has 6 heteroatoms. The monoisotopic (exact) mass is 333 g/mol. The molecular weight excluding hydrogens is 322 g/mol. The number of ketones is 3. The van der Waals surface area contributed by atoms with Gasteiger partial charge in [0.25, 0.3) is 0 Å². The van der Waals surface area contributed by atoms with Crippen molar-refractivity contribution in [3.05, 3.63) is 82.1 Å². The topological polar surface area (TPSA) is 104 Å². The predicted molar refractivity (Wildman–Crippen MR) is 84.9 cm³/mol. The van der Waals surface area contributed by atoms with E-state index in [1.807, 2.05) is 0 Å². The van der Waals surface area contributed by atoms with Crippen LogP contribution >= 0.6 is 0 Å². The van der Waals surface area contributed by atoms with Gasteiger partial charge in [-0.1, -0.05) is 48.5 Å². The van der Waals surface area contributed by atoms with Gasteiger partial charge in [0.2, 0.25) is 22.9 Å². The summed E-state index contributed by atoms with van der Waals surface area (Å²) >= 11 is 0. The Balaban J connectivity index is 1.82. The van der Waals surface area contributed by atoms with Crippen molar-refractivity contribution in [3.8, 4) is 0 Å². The quantitative estimate of drug-likeness (QED) is 0.655. The van der Waals surface area contributed by atoms with E-state index >= 15 is 0 Å². The van der Waals surface area contributed by atoms with Crippen LogP contribution in [0, 0.1) is 0 Å². The zero-order valence-electron chi connectivity index (χ0n) is 12.7. The van der Waals surface area contributed by atoms with Crippen molar-refractivity contribution in [2.24, 2.45) is 0 Å². The third-order valence-corrected chi connectivity index (χ3v) is 5.20. The molecule has 0 saturated carbocycles. The summed E-state index contributed by atoms with van der Waals surface area (Å²) in [5.41, 5.74) is -4.87. The minimum Gasteiger partial charge on any atom is -0.372 e. The highest BCUT2D eigenvalue weighted by atomic mass is 16.4. The van der Waals surface area contributed by atoms with Crippen molar-refractivity contribution < 1.29 is 24.6 Å². The maximum atomic E-state index is 13.0. The van der Waals surface area contributed by atoms with Crippen molar-refractivity contribution in [1.29, 1.82) is 0 Å².